The van der Waals surface area contributed by atoms with Gasteiger partial charge in [0.15, 0.2) is 17.5 Å². The highest BCUT2D eigenvalue weighted by Crippen LogP contribution is 2.30. The summed E-state index contributed by atoms with van der Waals surface area (Å²) in [7, 11) is 0. The third-order valence-electron chi connectivity index (χ3n) is 4.24. The van der Waals surface area contributed by atoms with Crippen LogP contribution in [0.4, 0.5) is 13.2 Å². The van der Waals surface area contributed by atoms with Crippen LogP contribution in [0.3, 0.4) is 0 Å². The Labute approximate surface area is 122 Å². The lowest BCUT2D eigenvalue weighted by Crippen LogP contribution is -2.44. The molecule has 2 rings (SSSR count). The summed E-state index contributed by atoms with van der Waals surface area (Å²) in [5, 5.41) is 2.85. The molecule has 0 heterocycles. The van der Waals surface area contributed by atoms with Crippen molar-refractivity contribution in [1.82, 2.24) is 5.32 Å². The molecule has 1 aromatic carbocycles. The molecule has 0 radical (unpaired) electrons. The molecule has 2 unspecified atom stereocenters. The number of benzene rings is 1. The second kappa shape index (κ2) is 6.50. The number of nitrogens with one attached hydrogen (secondary N) is 1. The zero-order valence-corrected chi connectivity index (χ0v) is 12.3. The van der Waals surface area contributed by atoms with Crippen molar-refractivity contribution in [3.8, 4) is 0 Å². The van der Waals surface area contributed by atoms with Gasteiger partial charge in [0.25, 0.3) is 5.91 Å². The van der Waals surface area contributed by atoms with Crippen molar-refractivity contribution in [3.05, 3.63) is 35.1 Å². The third-order valence-corrected chi connectivity index (χ3v) is 4.24. The van der Waals surface area contributed by atoms with Gasteiger partial charge in [-0.2, -0.15) is 0 Å². The molecule has 1 aromatic rings. The Morgan fingerprint density at radius 1 is 1.14 bits per heavy atom. The lowest BCUT2D eigenvalue weighted by molar-refractivity contribution is 0.0888. The second-order valence-corrected chi connectivity index (χ2v) is 6.03. The van der Waals surface area contributed by atoms with E-state index < -0.39 is 23.4 Å². The van der Waals surface area contributed by atoms with E-state index in [1.54, 1.807) is 0 Å². The molecule has 2 nitrogen and oxygen atoms in total. The first-order valence-electron chi connectivity index (χ1n) is 7.35. The van der Waals surface area contributed by atoms with Crippen molar-refractivity contribution in [2.45, 2.75) is 45.6 Å². The molecule has 0 bridgehead atoms. The molecule has 21 heavy (non-hydrogen) atoms. The van der Waals surface area contributed by atoms with E-state index in [-0.39, 0.29) is 11.6 Å². The molecule has 0 saturated heterocycles. The molecular formula is C16H20F3NO. The van der Waals surface area contributed by atoms with E-state index in [9.17, 15) is 18.0 Å². The Hall–Kier alpha value is -1.52. The van der Waals surface area contributed by atoms with Crippen LogP contribution in [0.2, 0.25) is 0 Å². The molecule has 1 aliphatic carbocycles. The minimum Gasteiger partial charge on any atom is -0.349 e. The topological polar surface area (TPSA) is 29.1 Å². The molecule has 1 N–H and O–H groups in total. The van der Waals surface area contributed by atoms with Crippen LogP contribution in [0.15, 0.2) is 12.1 Å². The molecule has 2 atom stereocenters. The second-order valence-electron chi connectivity index (χ2n) is 6.03. The van der Waals surface area contributed by atoms with Gasteiger partial charge in [0.1, 0.15) is 0 Å². The fraction of sp³-hybridized carbons (Fsp3) is 0.562. The summed E-state index contributed by atoms with van der Waals surface area (Å²) in [6, 6.07) is 1.48. The highest BCUT2D eigenvalue weighted by molar-refractivity contribution is 5.94. The molecule has 0 aliphatic heterocycles. The van der Waals surface area contributed by atoms with Crippen molar-refractivity contribution >= 4 is 5.91 Å². The van der Waals surface area contributed by atoms with Gasteiger partial charge in [-0.3, -0.25) is 4.79 Å². The minimum absolute atomic E-state index is 0.00225. The maximum absolute atomic E-state index is 13.2. The van der Waals surface area contributed by atoms with Gasteiger partial charge in [0, 0.05) is 11.6 Å². The first kappa shape index (κ1) is 15.9. The van der Waals surface area contributed by atoms with Crippen LogP contribution in [0.25, 0.3) is 0 Å². The van der Waals surface area contributed by atoms with Crippen molar-refractivity contribution < 1.29 is 18.0 Å². The van der Waals surface area contributed by atoms with Gasteiger partial charge in [-0.05, 0) is 36.8 Å². The van der Waals surface area contributed by atoms with E-state index in [0.29, 0.717) is 11.8 Å². The summed E-state index contributed by atoms with van der Waals surface area (Å²) in [5.41, 5.74) is -0.181. The predicted octanol–water partition coefficient (Wildman–Crippen LogP) is 4.05. The Kier molecular flexibility index (Phi) is 4.91. The Morgan fingerprint density at radius 3 is 2.29 bits per heavy atom. The maximum atomic E-state index is 13.2. The standard InChI is InChI=1S/C16H20F3NO/c1-9(2)11-5-3-4-6-14(11)20-16(21)10-7-12(17)15(19)13(18)8-10/h7-9,11,14H,3-6H2,1-2H3,(H,20,21). The number of hydrogen-bond acceptors (Lipinski definition) is 1. The quantitative estimate of drug-likeness (QED) is 0.838. The molecule has 1 aliphatic rings. The summed E-state index contributed by atoms with van der Waals surface area (Å²) >= 11 is 0. The van der Waals surface area contributed by atoms with Crippen LogP contribution in [-0.4, -0.2) is 11.9 Å². The van der Waals surface area contributed by atoms with Gasteiger partial charge in [-0.15, -0.1) is 0 Å². The van der Waals surface area contributed by atoms with Crippen LogP contribution in [0.1, 0.15) is 49.9 Å². The van der Waals surface area contributed by atoms with Gasteiger partial charge in [-0.1, -0.05) is 26.7 Å². The fourth-order valence-corrected chi connectivity index (χ4v) is 3.08. The molecule has 5 heteroatoms. The summed E-state index contributed by atoms with van der Waals surface area (Å²) in [5.74, 6) is -4.00. The highest BCUT2D eigenvalue weighted by Gasteiger charge is 2.29. The van der Waals surface area contributed by atoms with Gasteiger partial charge < -0.3 is 5.32 Å². The molecule has 0 spiro atoms. The highest BCUT2D eigenvalue weighted by atomic mass is 19.2. The van der Waals surface area contributed by atoms with E-state index in [2.05, 4.69) is 19.2 Å². The van der Waals surface area contributed by atoms with Crippen molar-refractivity contribution in [3.63, 3.8) is 0 Å². The summed E-state index contributed by atoms with van der Waals surface area (Å²) in [6.07, 6.45) is 4.06. The number of halogens is 3. The number of hydrogen-bond donors (Lipinski definition) is 1. The first-order chi connectivity index (χ1) is 9.90. The number of rotatable bonds is 3. The van der Waals surface area contributed by atoms with Crippen LogP contribution in [0.5, 0.6) is 0 Å². The zero-order chi connectivity index (χ0) is 15.6. The number of amides is 1. The molecule has 116 valence electrons. The van der Waals surface area contributed by atoms with Gasteiger partial charge in [-0.25, -0.2) is 13.2 Å². The van der Waals surface area contributed by atoms with Gasteiger partial charge >= 0.3 is 0 Å². The van der Waals surface area contributed by atoms with Crippen LogP contribution >= 0.6 is 0 Å². The smallest absolute Gasteiger partial charge is 0.251 e. The number of carbonyl (C=O) groups is 1. The summed E-state index contributed by atoms with van der Waals surface area (Å²) in [6.45, 7) is 4.21. The summed E-state index contributed by atoms with van der Waals surface area (Å²) in [4.78, 5) is 12.1. The monoisotopic (exact) mass is 299 g/mol. The molecule has 1 saturated carbocycles. The fourth-order valence-electron chi connectivity index (χ4n) is 3.08. The third kappa shape index (κ3) is 3.57. The lowest BCUT2D eigenvalue weighted by atomic mass is 9.78. The van der Waals surface area contributed by atoms with Crippen molar-refractivity contribution in [1.29, 1.82) is 0 Å². The molecule has 1 fully saturated rings. The van der Waals surface area contributed by atoms with Gasteiger partial charge in [0.05, 0.1) is 0 Å². The van der Waals surface area contributed by atoms with E-state index in [1.165, 1.54) is 0 Å². The zero-order valence-electron chi connectivity index (χ0n) is 12.3. The van der Waals surface area contributed by atoms with Crippen molar-refractivity contribution in [2.75, 3.05) is 0 Å². The van der Waals surface area contributed by atoms with E-state index in [4.69, 9.17) is 0 Å². The van der Waals surface area contributed by atoms with Crippen molar-refractivity contribution in [2.24, 2.45) is 11.8 Å². The Morgan fingerprint density at radius 2 is 1.71 bits per heavy atom. The molecule has 1 amide bonds. The van der Waals surface area contributed by atoms with Crippen LogP contribution in [-0.2, 0) is 0 Å². The number of carbonyl (C=O) groups excluding carboxylic acids is 1. The largest absolute Gasteiger partial charge is 0.349 e. The van der Waals surface area contributed by atoms with E-state index in [1.807, 2.05) is 0 Å². The predicted molar refractivity (Wildman–Crippen MR) is 74.4 cm³/mol. The average molecular weight is 299 g/mol. The Balaban J connectivity index is 2.13. The van der Waals surface area contributed by atoms with E-state index in [0.717, 1.165) is 37.8 Å². The molecular weight excluding hydrogens is 279 g/mol. The SMILES string of the molecule is CC(C)C1CCCCC1NC(=O)c1cc(F)c(F)c(F)c1. The normalized spacial score (nSPS) is 22.4. The van der Waals surface area contributed by atoms with Gasteiger partial charge in [0.2, 0.25) is 0 Å². The van der Waals surface area contributed by atoms with Crippen LogP contribution < -0.4 is 5.32 Å². The minimum atomic E-state index is -1.55. The lowest BCUT2D eigenvalue weighted by Gasteiger charge is -2.34. The maximum Gasteiger partial charge on any atom is 0.251 e. The van der Waals surface area contributed by atoms with Crippen LogP contribution in [0, 0.1) is 29.3 Å². The average Bonchev–Trinajstić information content (AvgIpc) is 2.44. The summed E-state index contributed by atoms with van der Waals surface area (Å²) < 4.78 is 39.3. The first-order valence-corrected chi connectivity index (χ1v) is 7.35. The van der Waals surface area contributed by atoms with E-state index >= 15 is 0 Å². The molecule has 0 aromatic heterocycles. The Bertz CT molecular complexity index is 507.